The van der Waals surface area contributed by atoms with E-state index in [0.29, 0.717) is 30.4 Å². The highest BCUT2D eigenvalue weighted by molar-refractivity contribution is 5.79. The van der Waals surface area contributed by atoms with E-state index in [1.165, 1.54) is 12.1 Å². The summed E-state index contributed by atoms with van der Waals surface area (Å²) in [5, 5.41) is 6.95. The van der Waals surface area contributed by atoms with Crippen LogP contribution in [0.2, 0.25) is 0 Å². The highest BCUT2D eigenvalue weighted by Crippen LogP contribution is 2.21. The Kier molecular flexibility index (Phi) is 6.52. The van der Waals surface area contributed by atoms with E-state index in [4.69, 9.17) is 9.26 Å². The first-order chi connectivity index (χ1) is 13.0. The normalized spacial score (nSPS) is 17.0. The first-order valence-electron chi connectivity index (χ1n) is 9.15. The van der Waals surface area contributed by atoms with Gasteiger partial charge in [0.25, 0.3) is 0 Å². The molecule has 1 fully saturated rings. The fraction of sp³-hybridized carbons (Fsp3) is 0.526. The van der Waals surface area contributed by atoms with Gasteiger partial charge in [-0.1, -0.05) is 5.16 Å². The monoisotopic (exact) mass is 376 g/mol. The summed E-state index contributed by atoms with van der Waals surface area (Å²) in [6.07, 6.45) is 1.59. The van der Waals surface area contributed by atoms with E-state index >= 15 is 0 Å². The van der Waals surface area contributed by atoms with E-state index in [-0.39, 0.29) is 23.7 Å². The van der Waals surface area contributed by atoms with Crippen LogP contribution < -0.4 is 5.32 Å². The van der Waals surface area contributed by atoms with Gasteiger partial charge < -0.3 is 14.6 Å². The topological polar surface area (TPSA) is 80.5 Å². The molecular weight excluding hydrogens is 351 g/mol. The van der Waals surface area contributed by atoms with Crippen LogP contribution in [0.5, 0.6) is 0 Å². The first-order valence-corrected chi connectivity index (χ1v) is 9.15. The molecule has 0 saturated carbocycles. The maximum atomic E-state index is 13.0. The number of hydrogen-bond donors (Lipinski definition) is 1. The quantitative estimate of drug-likeness (QED) is 0.798. The van der Waals surface area contributed by atoms with Crippen molar-refractivity contribution in [1.29, 1.82) is 0 Å². The molecule has 1 aromatic heterocycles. The Morgan fingerprint density at radius 3 is 2.74 bits per heavy atom. The number of hydrogen-bond acceptors (Lipinski definition) is 6. The van der Waals surface area contributed by atoms with Crippen LogP contribution in [0, 0.1) is 11.7 Å². The number of carbonyl (C=O) groups excluding carboxylic acids is 1. The fourth-order valence-corrected chi connectivity index (χ4v) is 3.23. The Morgan fingerprint density at radius 1 is 1.37 bits per heavy atom. The van der Waals surface area contributed by atoms with Crippen LogP contribution in [0.1, 0.15) is 25.7 Å². The maximum absolute atomic E-state index is 13.0. The van der Waals surface area contributed by atoms with Gasteiger partial charge >= 0.3 is 0 Å². The van der Waals surface area contributed by atoms with Gasteiger partial charge in [-0.05, 0) is 57.1 Å². The van der Waals surface area contributed by atoms with Crippen molar-refractivity contribution in [3.05, 3.63) is 36.0 Å². The molecule has 1 aromatic carbocycles. The number of carbonyl (C=O) groups is 1. The number of amides is 1. The van der Waals surface area contributed by atoms with Gasteiger partial charge in [-0.3, -0.25) is 9.69 Å². The zero-order valence-electron chi connectivity index (χ0n) is 15.7. The van der Waals surface area contributed by atoms with Crippen LogP contribution in [-0.2, 0) is 16.1 Å². The fourth-order valence-electron chi connectivity index (χ4n) is 3.23. The molecule has 2 aromatic rings. The summed E-state index contributed by atoms with van der Waals surface area (Å²) < 4.78 is 23.4. The average Bonchev–Trinajstić information content (AvgIpc) is 3.11. The molecule has 1 aliphatic heterocycles. The van der Waals surface area contributed by atoms with Crippen LogP contribution in [-0.4, -0.2) is 53.8 Å². The van der Waals surface area contributed by atoms with Crippen molar-refractivity contribution in [3.8, 4) is 11.4 Å². The van der Waals surface area contributed by atoms with Gasteiger partial charge in [0.15, 0.2) is 0 Å². The SMILES string of the molecule is COCC(C)NC(=O)C1CCN(Cc2nc(-c3ccc(F)cc3)no2)CC1. The highest BCUT2D eigenvalue weighted by Gasteiger charge is 2.26. The number of aromatic nitrogens is 2. The van der Waals surface area contributed by atoms with Crippen LogP contribution in [0.3, 0.4) is 0 Å². The number of likely N-dealkylation sites (tertiary alicyclic amines) is 1. The predicted octanol–water partition coefficient (Wildman–Crippen LogP) is 2.24. The van der Waals surface area contributed by atoms with Gasteiger partial charge in [-0.2, -0.15) is 4.98 Å². The van der Waals surface area contributed by atoms with Crippen LogP contribution >= 0.6 is 0 Å². The standard InChI is InChI=1S/C19H25FN4O3/c1-13(12-26-2)21-19(25)15-7-9-24(10-8-15)11-17-22-18(23-27-17)14-3-5-16(20)6-4-14/h3-6,13,15H,7-12H2,1-2H3,(H,21,25). The number of nitrogens with one attached hydrogen (secondary N) is 1. The Bertz CT molecular complexity index is 742. The lowest BCUT2D eigenvalue weighted by Crippen LogP contribution is -2.44. The summed E-state index contributed by atoms with van der Waals surface area (Å²) in [6.45, 7) is 4.58. The van der Waals surface area contributed by atoms with Crippen molar-refractivity contribution in [1.82, 2.24) is 20.4 Å². The Hall–Kier alpha value is -2.32. The molecule has 1 saturated heterocycles. The van der Waals surface area contributed by atoms with Crippen molar-refractivity contribution in [2.75, 3.05) is 26.8 Å². The van der Waals surface area contributed by atoms with Gasteiger partial charge in [0.1, 0.15) is 5.82 Å². The van der Waals surface area contributed by atoms with Crippen molar-refractivity contribution in [2.24, 2.45) is 5.92 Å². The molecule has 1 aliphatic rings. The van der Waals surface area contributed by atoms with Gasteiger partial charge in [0.2, 0.25) is 17.6 Å². The molecule has 0 bridgehead atoms. The second-order valence-corrected chi connectivity index (χ2v) is 6.93. The van der Waals surface area contributed by atoms with E-state index in [1.54, 1.807) is 19.2 Å². The molecule has 8 heteroatoms. The molecule has 2 heterocycles. The number of rotatable bonds is 7. The summed E-state index contributed by atoms with van der Waals surface area (Å²) in [7, 11) is 1.63. The van der Waals surface area contributed by atoms with Gasteiger partial charge in [0.05, 0.1) is 13.2 Å². The van der Waals surface area contributed by atoms with Crippen molar-refractivity contribution in [2.45, 2.75) is 32.4 Å². The summed E-state index contributed by atoms with van der Waals surface area (Å²) in [5.74, 6) is 0.789. The molecule has 0 aliphatic carbocycles. The van der Waals surface area contributed by atoms with E-state index in [2.05, 4.69) is 20.4 Å². The second kappa shape index (κ2) is 9.05. The molecule has 1 unspecified atom stereocenters. The maximum Gasteiger partial charge on any atom is 0.241 e. The number of nitrogens with zero attached hydrogens (tertiary/aromatic N) is 3. The van der Waals surface area contributed by atoms with Crippen molar-refractivity contribution in [3.63, 3.8) is 0 Å². The molecule has 1 amide bonds. The van der Waals surface area contributed by atoms with Crippen molar-refractivity contribution >= 4 is 5.91 Å². The third kappa shape index (κ3) is 5.33. The minimum Gasteiger partial charge on any atom is -0.383 e. The third-order valence-electron chi connectivity index (χ3n) is 4.69. The number of halogens is 1. The number of ether oxygens (including phenoxy) is 1. The van der Waals surface area contributed by atoms with E-state index in [0.717, 1.165) is 25.9 Å². The summed E-state index contributed by atoms with van der Waals surface area (Å²) in [4.78, 5) is 18.9. The lowest BCUT2D eigenvalue weighted by Gasteiger charge is -2.30. The van der Waals surface area contributed by atoms with E-state index in [9.17, 15) is 9.18 Å². The third-order valence-corrected chi connectivity index (χ3v) is 4.69. The van der Waals surface area contributed by atoms with E-state index < -0.39 is 0 Å². The summed E-state index contributed by atoms with van der Waals surface area (Å²) in [5.41, 5.74) is 0.715. The minimum absolute atomic E-state index is 0.0174. The molecule has 27 heavy (non-hydrogen) atoms. The van der Waals surface area contributed by atoms with Gasteiger partial charge in [0, 0.05) is 24.6 Å². The average molecular weight is 376 g/mol. The molecule has 0 spiro atoms. The Morgan fingerprint density at radius 2 is 2.07 bits per heavy atom. The molecule has 3 rings (SSSR count). The predicted molar refractivity (Wildman–Crippen MR) is 97.2 cm³/mol. The smallest absolute Gasteiger partial charge is 0.241 e. The van der Waals surface area contributed by atoms with Crippen molar-refractivity contribution < 1.29 is 18.4 Å². The molecule has 1 atom stereocenters. The van der Waals surface area contributed by atoms with Crippen LogP contribution in [0.25, 0.3) is 11.4 Å². The summed E-state index contributed by atoms with van der Waals surface area (Å²) >= 11 is 0. The Balaban J connectivity index is 1.48. The minimum atomic E-state index is -0.300. The lowest BCUT2D eigenvalue weighted by molar-refractivity contribution is -0.127. The van der Waals surface area contributed by atoms with Gasteiger partial charge in [-0.15, -0.1) is 0 Å². The highest BCUT2D eigenvalue weighted by atomic mass is 19.1. The second-order valence-electron chi connectivity index (χ2n) is 6.93. The van der Waals surface area contributed by atoms with E-state index in [1.807, 2.05) is 6.92 Å². The lowest BCUT2D eigenvalue weighted by atomic mass is 9.95. The van der Waals surface area contributed by atoms with Gasteiger partial charge in [-0.25, -0.2) is 4.39 Å². The zero-order valence-corrected chi connectivity index (χ0v) is 15.7. The van der Waals surface area contributed by atoms with Crippen LogP contribution in [0.15, 0.2) is 28.8 Å². The van der Waals surface area contributed by atoms with Crippen LogP contribution in [0.4, 0.5) is 4.39 Å². The molecule has 146 valence electrons. The number of benzene rings is 1. The first kappa shape index (κ1) is 19.4. The molecule has 1 N–H and O–H groups in total. The Labute approximate surface area is 157 Å². The number of methoxy groups -OCH3 is 1. The number of piperidine rings is 1. The molecular formula is C19H25FN4O3. The molecule has 0 radical (unpaired) electrons. The zero-order chi connectivity index (χ0) is 19.2. The molecule has 7 nitrogen and oxygen atoms in total. The largest absolute Gasteiger partial charge is 0.383 e. The summed E-state index contributed by atoms with van der Waals surface area (Å²) in [6, 6.07) is 6.00.